The molecular formula is C14H12N2O5S. The van der Waals surface area contributed by atoms with Crippen LogP contribution in [0.25, 0.3) is 0 Å². The Balaban J connectivity index is 2.50. The number of para-hydroxylation sites is 2. The molecule has 1 heterocycles. The summed E-state index contributed by atoms with van der Waals surface area (Å²) in [5, 5.41) is 0. The molecule has 114 valence electrons. The van der Waals surface area contributed by atoms with Crippen LogP contribution in [-0.4, -0.2) is 18.9 Å². The monoisotopic (exact) mass is 320 g/mol. The number of benzene rings is 2. The minimum absolute atomic E-state index is 0.000787. The smallest absolute Gasteiger partial charge is 0.288 e. The van der Waals surface area contributed by atoms with Gasteiger partial charge in [0, 0.05) is 11.1 Å². The van der Waals surface area contributed by atoms with Crippen LogP contribution < -0.4 is 16.0 Å². The maximum absolute atomic E-state index is 12.4. The molecule has 2 aromatic carbocycles. The summed E-state index contributed by atoms with van der Waals surface area (Å²) in [6, 6.07) is 12.1. The molecule has 0 aromatic heterocycles. The Morgan fingerprint density at radius 3 is 1.91 bits per heavy atom. The molecule has 0 saturated heterocycles. The SMILES string of the molecule is NNC(=O)C1(S(=O)(=O)O)c2ccccc2Oc2ccccc21. The third-order valence-electron chi connectivity index (χ3n) is 3.59. The summed E-state index contributed by atoms with van der Waals surface area (Å²) >= 11 is 0. The number of carbonyl (C=O) groups excluding carboxylic acids is 1. The number of nitrogens with one attached hydrogen (secondary N) is 1. The second-order valence-electron chi connectivity index (χ2n) is 4.72. The van der Waals surface area contributed by atoms with E-state index in [1.807, 2.05) is 5.43 Å². The molecule has 4 N–H and O–H groups in total. The van der Waals surface area contributed by atoms with E-state index >= 15 is 0 Å². The minimum atomic E-state index is -4.90. The molecule has 0 fully saturated rings. The van der Waals surface area contributed by atoms with Crippen LogP contribution in [0.2, 0.25) is 0 Å². The van der Waals surface area contributed by atoms with Crippen LogP contribution in [0.4, 0.5) is 0 Å². The summed E-state index contributed by atoms with van der Waals surface area (Å²) in [6.07, 6.45) is 0. The van der Waals surface area contributed by atoms with Crippen LogP contribution >= 0.6 is 0 Å². The molecule has 0 saturated carbocycles. The van der Waals surface area contributed by atoms with Gasteiger partial charge in [0.1, 0.15) is 11.5 Å². The third kappa shape index (κ3) is 1.75. The van der Waals surface area contributed by atoms with Gasteiger partial charge in [-0.25, -0.2) is 5.84 Å². The highest BCUT2D eigenvalue weighted by atomic mass is 32.2. The molecule has 0 atom stereocenters. The van der Waals surface area contributed by atoms with Gasteiger partial charge in [0.05, 0.1) is 0 Å². The largest absolute Gasteiger partial charge is 0.457 e. The maximum atomic E-state index is 12.4. The van der Waals surface area contributed by atoms with E-state index in [-0.39, 0.29) is 22.6 Å². The summed E-state index contributed by atoms with van der Waals surface area (Å²) in [5.74, 6) is 4.42. The summed E-state index contributed by atoms with van der Waals surface area (Å²) < 4.78 is 37.6. The number of ether oxygens (including phenoxy) is 1. The van der Waals surface area contributed by atoms with Crippen molar-refractivity contribution in [2.24, 2.45) is 5.84 Å². The molecule has 0 radical (unpaired) electrons. The zero-order chi connectivity index (χ0) is 16.0. The van der Waals surface area contributed by atoms with Gasteiger partial charge in [-0.05, 0) is 12.1 Å². The molecule has 1 aliphatic rings. The lowest BCUT2D eigenvalue weighted by molar-refractivity contribution is -0.123. The van der Waals surface area contributed by atoms with Gasteiger partial charge in [-0.1, -0.05) is 36.4 Å². The standard InChI is InChI=1S/C14H12N2O5S/c15-16-13(17)14(22(18,19)20)9-5-1-3-7-11(9)21-12-8-4-2-6-10(12)14/h1-8H,15H2,(H,16,17)(H,18,19,20). The first-order valence-electron chi connectivity index (χ1n) is 6.28. The summed E-state index contributed by atoms with van der Waals surface area (Å²) in [5.41, 5.74) is 1.83. The quantitative estimate of drug-likeness (QED) is 0.327. The molecule has 0 unspecified atom stereocenters. The highest BCUT2D eigenvalue weighted by molar-refractivity contribution is 7.88. The van der Waals surface area contributed by atoms with Crippen LogP contribution in [-0.2, 0) is 19.7 Å². The fraction of sp³-hybridized carbons (Fsp3) is 0.0714. The Morgan fingerprint density at radius 1 is 1.05 bits per heavy atom. The predicted molar refractivity (Wildman–Crippen MR) is 77.6 cm³/mol. The van der Waals surface area contributed by atoms with Crippen molar-refractivity contribution in [1.29, 1.82) is 0 Å². The molecule has 3 rings (SSSR count). The molecule has 7 nitrogen and oxygen atoms in total. The van der Waals surface area contributed by atoms with Crippen molar-refractivity contribution in [3.63, 3.8) is 0 Å². The van der Waals surface area contributed by atoms with Crippen LogP contribution in [0.3, 0.4) is 0 Å². The summed E-state index contributed by atoms with van der Waals surface area (Å²) in [6.45, 7) is 0. The van der Waals surface area contributed by atoms with Gasteiger partial charge in [-0.15, -0.1) is 0 Å². The number of hydrazine groups is 1. The van der Waals surface area contributed by atoms with Crippen molar-refractivity contribution in [2.75, 3.05) is 0 Å². The van der Waals surface area contributed by atoms with E-state index in [2.05, 4.69) is 0 Å². The molecule has 1 amide bonds. The number of fused-ring (bicyclic) bond motifs is 2. The zero-order valence-electron chi connectivity index (χ0n) is 11.2. The number of carbonyl (C=O) groups is 1. The van der Waals surface area contributed by atoms with Crippen LogP contribution in [0.5, 0.6) is 11.5 Å². The van der Waals surface area contributed by atoms with E-state index in [1.54, 1.807) is 24.3 Å². The maximum Gasteiger partial charge on any atom is 0.288 e. The molecule has 0 bridgehead atoms. The van der Waals surface area contributed by atoms with Crippen molar-refractivity contribution >= 4 is 16.0 Å². The molecule has 8 heteroatoms. The van der Waals surface area contributed by atoms with Gasteiger partial charge < -0.3 is 4.74 Å². The average molecular weight is 320 g/mol. The van der Waals surface area contributed by atoms with E-state index in [4.69, 9.17) is 10.6 Å². The second-order valence-corrected chi connectivity index (χ2v) is 6.29. The van der Waals surface area contributed by atoms with E-state index in [1.165, 1.54) is 24.3 Å². The molecular weight excluding hydrogens is 308 g/mol. The first-order valence-corrected chi connectivity index (χ1v) is 7.72. The topological polar surface area (TPSA) is 119 Å². The normalized spacial score (nSPS) is 15.2. The Kier molecular flexibility index (Phi) is 3.17. The van der Waals surface area contributed by atoms with Gasteiger partial charge in [0.25, 0.3) is 16.0 Å². The Hall–Kier alpha value is -2.42. The van der Waals surface area contributed by atoms with Gasteiger partial charge in [0.15, 0.2) is 0 Å². The minimum Gasteiger partial charge on any atom is -0.457 e. The average Bonchev–Trinajstić information content (AvgIpc) is 2.50. The van der Waals surface area contributed by atoms with Crippen LogP contribution in [0.15, 0.2) is 48.5 Å². The van der Waals surface area contributed by atoms with Gasteiger partial charge in [0.2, 0.25) is 4.75 Å². The van der Waals surface area contributed by atoms with Gasteiger partial charge in [-0.3, -0.25) is 14.8 Å². The van der Waals surface area contributed by atoms with E-state index < -0.39 is 20.8 Å². The summed E-state index contributed by atoms with van der Waals surface area (Å²) in [4.78, 5) is 12.4. The fourth-order valence-corrected chi connectivity index (χ4v) is 3.88. The number of hydrogen-bond acceptors (Lipinski definition) is 5. The van der Waals surface area contributed by atoms with Crippen molar-refractivity contribution in [2.45, 2.75) is 4.75 Å². The van der Waals surface area contributed by atoms with Crippen molar-refractivity contribution in [3.05, 3.63) is 59.7 Å². The zero-order valence-corrected chi connectivity index (χ0v) is 12.0. The van der Waals surface area contributed by atoms with Gasteiger partial charge >= 0.3 is 0 Å². The number of nitrogens with two attached hydrogens (primary N) is 1. The molecule has 0 spiro atoms. The van der Waals surface area contributed by atoms with Crippen molar-refractivity contribution in [1.82, 2.24) is 5.43 Å². The lowest BCUT2D eigenvalue weighted by Crippen LogP contribution is -2.53. The van der Waals surface area contributed by atoms with E-state index in [0.29, 0.717) is 0 Å². The molecule has 0 aliphatic carbocycles. The van der Waals surface area contributed by atoms with Crippen molar-refractivity contribution in [3.8, 4) is 11.5 Å². The predicted octanol–water partition coefficient (Wildman–Crippen LogP) is 0.914. The van der Waals surface area contributed by atoms with Crippen molar-refractivity contribution < 1.29 is 22.5 Å². The third-order valence-corrected chi connectivity index (χ3v) is 4.99. The molecule has 1 aliphatic heterocycles. The highest BCUT2D eigenvalue weighted by Crippen LogP contribution is 2.50. The van der Waals surface area contributed by atoms with E-state index in [0.717, 1.165) is 0 Å². The fourth-order valence-electron chi connectivity index (χ4n) is 2.70. The summed E-state index contributed by atoms with van der Waals surface area (Å²) in [7, 11) is -4.90. The number of amides is 1. The first kappa shape index (κ1) is 14.5. The Bertz CT molecular complexity index is 818. The lowest BCUT2D eigenvalue weighted by Gasteiger charge is -2.35. The molecule has 22 heavy (non-hydrogen) atoms. The lowest BCUT2D eigenvalue weighted by atomic mass is 9.86. The Morgan fingerprint density at radius 2 is 1.50 bits per heavy atom. The van der Waals surface area contributed by atoms with E-state index in [9.17, 15) is 17.8 Å². The van der Waals surface area contributed by atoms with Crippen LogP contribution in [0, 0.1) is 0 Å². The second kappa shape index (κ2) is 4.80. The van der Waals surface area contributed by atoms with Gasteiger partial charge in [-0.2, -0.15) is 8.42 Å². The number of hydrogen-bond donors (Lipinski definition) is 3. The molecule has 2 aromatic rings. The number of rotatable bonds is 2. The Labute approximate surface area is 126 Å². The highest BCUT2D eigenvalue weighted by Gasteiger charge is 2.58. The van der Waals surface area contributed by atoms with Crippen LogP contribution in [0.1, 0.15) is 11.1 Å². The first-order chi connectivity index (χ1) is 10.4.